The fraction of sp³-hybridized carbons (Fsp3) is 0.423. The number of nitrogens with one attached hydrogen (secondary N) is 1. The molecule has 0 spiro atoms. The van der Waals surface area contributed by atoms with Gasteiger partial charge in [0.15, 0.2) is 5.82 Å². The molecule has 1 aliphatic carbocycles. The standard InChI is InChI=1S/C26H32N8/c1-17(2)24-28-26(21-11-8-18(15-27)9-12-21)34(31-24)16-19-10-13-22(20-6-4-3-5-7-20)23(14-19)25-29-32-33-30-25/h3-7,10,13-14,17-18,21H,8-9,11-12,15-16,27H2,1-2H3,(H,29,30,32,33). The molecule has 34 heavy (non-hydrogen) atoms. The van der Waals surface area contributed by atoms with Crippen molar-refractivity contribution in [3.63, 3.8) is 0 Å². The number of aromatic nitrogens is 7. The average Bonchev–Trinajstić information content (AvgIpc) is 3.55. The summed E-state index contributed by atoms with van der Waals surface area (Å²) in [6.07, 6.45) is 4.58. The van der Waals surface area contributed by atoms with Gasteiger partial charge in [0, 0.05) is 17.4 Å². The van der Waals surface area contributed by atoms with E-state index in [0.717, 1.165) is 53.3 Å². The molecule has 1 aliphatic rings. The van der Waals surface area contributed by atoms with Crippen LogP contribution in [0.1, 0.15) is 68.6 Å². The first-order chi connectivity index (χ1) is 16.6. The minimum Gasteiger partial charge on any atom is -0.330 e. The highest BCUT2D eigenvalue weighted by Gasteiger charge is 2.27. The summed E-state index contributed by atoms with van der Waals surface area (Å²) < 4.78 is 2.11. The van der Waals surface area contributed by atoms with E-state index in [1.165, 1.54) is 12.8 Å². The van der Waals surface area contributed by atoms with Gasteiger partial charge in [-0.05, 0) is 66.1 Å². The third-order valence-corrected chi connectivity index (χ3v) is 6.87. The third kappa shape index (κ3) is 4.63. The summed E-state index contributed by atoms with van der Waals surface area (Å²) in [7, 11) is 0. The van der Waals surface area contributed by atoms with Crippen molar-refractivity contribution in [3.05, 3.63) is 65.7 Å². The number of aromatic amines is 1. The molecule has 0 unspecified atom stereocenters. The first kappa shape index (κ1) is 22.4. The lowest BCUT2D eigenvalue weighted by atomic mass is 9.81. The molecule has 0 aliphatic heterocycles. The van der Waals surface area contributed by atoms with E-state index in [2.05, 4.69) is 69.5 Å². The van der Waals surface area contributed by atoms with Crippen molar-refractivity contribution in [2.45, 2.75) is 57.9 Å². The Labute approximate surface area is 200 Å². The Morgan fingerprint density at radius 1 is 1.03 bits per heavy atom. The maximum absolute atomic E-state index is 5.92. The van der Waals surface area contributed by atoms with Crippen LogP contribution in [0.4, 0.5) is 0 Å². The van der Waals surface area contributed by atoms with E-state index in [4.69, 9.17) is 15.8 Å². The van der Waals surface area contributed by atoms with E-state index in [1.807, 2.05) is 18.2 Å². The molecule has 0 bridgehead atoms. The fourth-order valence-electron chi connectivity index (χ4n) is 4.88. The fourth-order valence-corrected chi connectivity index (χ4v) is 4.88. The predicted octanol–water partition coefficient (Wildman–Crippen LogP) is 4.53. The Hall–Kier alpha value is -3.39. The van der Waals surface area contributed by atoms with Gasteiger partial charge < -0.3 is 5.73 Å². The number of hydrogen-bond acceptors (Lipinski definition) is 6. The molecule has 2 heterocycles. The molecule has 0 atom stereocenters. The first-order valence-electron chi connectivity index (χ1n) is 12.2. The van der Waals surface area contributed by atoms with E-state index in [-0.39, 0.29) is 5.92 Å². The number of hydrogen-bond donors (Lipinski definition) is 2. The van der Waals surface area contributed by atoms with Crippen LogP contribution < -0.4 is 5.73 Å². The average molecular weight is 457 g/mol. The van der Waals surface area contributed by atoms with E-state index in [9.17, 15) is 0 Å². The van der Waals surface area contributed by atoms with E-state index >= 15 is 0 Å². The van der Waals surface area contributed by atoms with Gasteiger partial charge in [0.2, 0.25) is 5.82 Å². The summed E-state index contributed by atoms with van der Waals surface area (Å²) in [5.74, 6) is 3.96. The van der Waals surface area contributed by atoms with Crippen molar-refractivity contribution in [3.8, 4) is 22.5 Å². The third-order valence-electron chi connectivity index (χ3n) is 6.87. The number of benzene rings is 2. The molecule has 2 aromatic carbocycles. The summed E-state index contributed by atoms with van der Waals surface area (Å²) in [5.41, 5.74) is 10.2. The summed E-state index contributed by atoms with van der Waals surface area (Å²) >= 11 is 0. The van der Waals surface area contributed by atoms with Gasteiger partial charge in [-0.15, -0.1) is 10.2 Å². The number of nitrogens with two attached hydrogens (primary N) is 1. The second-order valence-corrected chi connectivity index (χ2v) is 9.58. The minimum atomic E-state index is 0.288. The lowest BCUT2D eigenvalue weighted by Crippen LogP contribution is -2.22. The van der Waals surface area contributed by atoms with Crippen LogP contribution in [0.5, 0.6) is 0 Å². The largest absolute Gasteiger partial charge is 0.330 e. The zero-order valence-corrected chi connectivity index (χ0v) is 19.9. The smallest absolute Gasteiger partial charge is 0.205 e. The van der Waals surface area contributed by atoms with E-state index in [0.29, 0.717) is 24.2 Å². The van der Waals surface area contributed by atoms with Gasteiger partial charge in [-0.1, -0.05) is 56.3 Å². The number of tetrazole rings is 1. The van der Waals surface area contributed by atoms with Crippen LogP contribution >= 0.6 is 0 Å². The normalized spacial score (nSPS) is 18.5. The molecule has 8 nitrogen and oxygen atoms in total. The SMILES string of the molecule is CC(C)c1nc(C2CCC(CN)CC2)n(Cc2ccc(-c3ccccc3)c(-c3nn[nH]n3)c2)n1. The van der Waals surface area contributed by atoms with E-state index in [1.54, 1.807) is 0 Å². The van der Waals surface area contributed by atoms with Gasteiger partial charge >= 0.3 is 0 Å². The topological polar surface area (TPSA) is 111 Å². The Balaban J connectivity index is 1.49. The molecule has 1 fully saturated rings. The maximum Gasteiger partial charge on any atom is 0.205 e. The van der Waals surface area contributed by atoms with Gasteiger partial charge in [0.05, 0.1) is 6.54 Å². The van der Waals surface area contributed by atoms with Crippen LogP contribution in [0.15, 0.2) is 48.5 Å². The van der Waals surface area contributed by atoms with Crippen LogP contribution in [0, 0.1) is 5.92 Å². The molecule has 176 valence electrons. The highest BCUT2D eigenvalue weighted by atomic mass is 15.5. The monoisotopic (exact) mass is 456 g/mol. The summed E-state index contributed by atoms with van der Waals surface area (Å²) in [5, 5.41) is 19.8. The van der Waals surface area contributed by atoms with Crippen molar-refractivity contribution in [2.24, 2.45) is 11.7 Å². The summed E-state index contributed by atoms with van der Waals surface area (Å²) in [6.45, 7) is 5.74. The van der Waals surface area contributed by atoms with Gasteiger partial charge in [-0.3, -0.25) is 0 Å². The van der Waals surface area contributed by atoms with Crippen molar-refractivity contribution in [1.29, 1.82) is 0 Å². The van der Waals surface area contributed by atoms with Crippen molar-refractivity contribution in [1.82, 2.24) is 35.4 Å². The molecule has 3 N–H and O–H groups in total. The van der Waals surface area contributed by atoms with Gasteiger partial charge in [0.25, 0.3) is 0 Å². The van der Waals surface area contributed by atoms with Crippen LogP contribution in [0.25, 0.3) is 22.5 Å². The first-order valence-corrected chi connectivity index (χ1v) is 12.2. The maximum atomic E-state index is 5.92. The Bertz CT molecular complexity index is 1210. The van der Waals surface area contributed by atoms with Gasteiger partial charge in [0.1, 0.15) is 5.82 Å². The van der Waals surface area contributed by atoms with Crippen molar-refractivity contribution >= 4 is 0 Å². The molecule has 8 heteroatoms. The second kappa shape index (κ2) is 9.85. The van der Waals surface area contributed by atoms with E-state index < -0.39 is 0 Å². The van der Waals surface area contributed by atoms with Gasteiger partial charge in [-0.2, -0.15) is 10.3 Å². The zero-order valence-electron chi connectivity index (χ0n) is 19.9. The molecule has 1 saturated carbocycles. The van der Waals surface area contributed by atoms with Gasteiger partial charge in [-0.25, -0.2) is 9.67 Å². The second-order valence-electron chi connectivity index (χ2n) is 9.58. The highest BCUT2D eigenvalue weighted by Crippen LogP contribution is 2.36. The molecule has 0 amide bonds. The van der Waals surface area contributed by atoms with Crippen LogP contribution in [0.2, 0.25) is 0 Å². The molecule has 0 saturated heterocycles. The molecular weight excluding hydrogens is 424 g/mol. The lowest BCUT2D eigenvalue weighted by Gasteiger charge is -2.27. The molecule has 0 radical (unpaired) electrons. The van der Waals surface area contributed by atoms with Crippen molar-refractivity contribution < 1.29 is 0 Å². The minimum absolute atomic E-state index is 0.288. The summed E-state index contributed by atoms with van der Waals surface area (Å²) in [6, 6.07) is 16.8. The Kier molecular flexibility index (Phi) is 6.49. The quantitative estimate of drug-likeness (QED) is 0.423. The Morgan fingerprint density at radius 3 is 2.50 bits per heavy atom. The van der Waals surface area contributed by atoms with Crippen LogP contribution in [-0.4, -0.2) is 41.9 Å². The number of rotatable bonds is 7. The molecule has 5 rings (SSSR count). The van der Waals surface area contributed by atoms with Crippen LogP contribution in [-0.2, 0) is 6.54 Å². The van der Waals surface area contributed by atoms with Crippen LogP contribution in [0.3, 0.4) is 0 Å². The molecular formula is C26H32N8. The highest BCUT2D eigenvalue weighted by molar-refractivity contribution is 5.80. The predicted molar refractivity (Wildman–Crippen MR) is 132 cm³/mol. The summed E-state index contributed by atoms with van der Waals surface area (Å²) in [4.78, 5) is 5.00. The Morgan fingerprint density at radius 2 is 1.82 bits per heavy atom. The molecule has 4 aromatic rings. The van der Waals surface area contributed by atoms with Crippen molar-refractivity contribution in [2.75, 3.05) is 6.54 Å². The number of H-pyrrole nitrogens is 1. The number of nitrogens with zero attached hydrogens (tertiary/aromatic N) is 6. The zero-order chi connectivity index (χ0) is 23.5. The molecule has 2 aromatic heterocycles. The lowest BCUT2D eigenvalue weighted by molar-refractivity contribution is 0.319.